The third-order valence-electron chi connectivity index (χ3n) is 2.96. The predicted molar refractivity (Wildman–Crippen MR) is 84.1 cm³/mol. The summed E-state index contributed by atoms with van der Waals surface area (Å²) in [6, 6.07) is 8.45. The van der Waals surface area contributed by atoms with Gasteiger partial charge in [-0.25, -0.2) is 0 Å². The normalized spacial score (nSPS) is 15.8. The molecule has 1 fully saturated rings. The molecule has 5 heteroatoms. The molecule has 2 N–H and O–H groups in total. The monoisotopic (exact) mass is 380 g/mol. The Morgan fingerprint density at radius 2 is 2.11 bits per heavy atom. The highest BCUT2D eigenvalue weighted by atomic mass is 127. The van der Waals surface area contributed by atoms with Gasteiger partial charge in [-0.2, -0.15) is 0 Å². The molecule has 100 valence electrons. The lowest BCUT2D eigenvalue weighted by atomic mass is 10.1. The van der Waals surface area contributed by atoms with Gasteiger partial charge in [0, 0.05) is 9.61 Å². The van der Waals surface area contributed by atoms with Crippen molar-refractivity contribution in [3.63, 3.8) is 0 Å². The minimum atomic E-state index is 0. The molecule has 0 aromatic heterocycles. The Labute approximate surface area is 128 Å². The highest BCUT2D eigenvalue weighted by Crippen LogP contribution is 2.09. The van der Waals surface area contributed by atoms with Crippen molar-refractivity contribution in [3.05, 3.63) is 33.4 Å². The van der Waals surface area contributed by atoms with Crippen molar-refractivity contribution < 1.29 is 4.79 Å². The minimum absolute atomic E-state index is 0. The zero-order valence-corrected chi connectivity index (χ0v) is 13.1. The number of carbonyl (C=O) groups excluding carboxylic acids is 1. The fourth-order valence-corrected chi connectivity index (χ4v) is 2.68. The van der Waals surface area contributed by atoms with E-state index in [0.29, 0.717) is 12.5 Å². The average Bonchev–Trinajstić information content (AvgIpc) is 2.30. The second-order valence-electron chi connectivity index (χ2n) is 4.40. The minimum Gasteiger partial charge on any atom is -0.353 e. The van der Waals surface area contributed by atoms with Gasteiger partial charge in [0.25, 0.3) is 0 Å². The molecule has 1 aromatic carbocycles. The largest absolute Gasteiger partial charge is 0.353 e. The van der Waals surface area contributed by atoms with Gasteiger partial charge in [-0.1, -0.05) is 12.1 Å². The summed E-state index contributed by atoms with van der Waals surface area (Å²) in [4.78, 5) is 11.9. The first kappa shape index (κ1) is 15.7. The number of benzene rings is 1. The van der Waals surface area contributed by atoms with Gasteiger partial charge in [-0.3, -0.25) is 4.79 Å². The van der Waals surface area contributed by atoms with E-state index in [1.54, 1.807) is 0 Å². The number of carbonyl (C=O) groups is 1. The van der Waals surface area contributed by atoms with Crippen LogP contribution in [0.4, 0.5) is 0 Å². The third kappa shape index (κ3) is 5.12. The molecule has 0 saturated carbocycles. The van der Waals surface area contributed by atoms with Crippen LogP contribution in [0.15, 0.2) is 24.3 Å². The molecule has 1 aliphatic heterocycles. The van der Waals surface area contributed by atoms with Crippen LogP contribution in [-0.4, -0.2) is 25.0 Å². The maximum Gasteiger partial charge on any atom is 0.224 e. The van der Waals surface area contributed by atoms with E-state index in [1.807, 2.05) is 18.2 Å². The fraction of sp³-hybridized carbons (Fsp3) is 0.462. The SMILES string of the molecule is Cl.O=C(Cc1cccc(I)c1)NC1CCNCC1. The number of amides is 1. The van der Waals surface area contributed by atoms with Crippen molar-refractivity contribution in [1.82, 2.24) is 10.6 Å². The maximum absolute atomic E-state index is 11.9. The average molecular weight is 381 g/mol. The van der Waals surface area contributed by atoms with Crippen LogP contribution >= 0.6 is 35.0 Å². The Morgan fingerprint density at radius 1 is 1.39 bits per heavy atom. The molecule has 0 aliphatic carbocycles. The van der Waals surface area contributed by atoms with E-state index in [-0.39, 0.29) is 18.3 Å². The van der Waals surface area contributed by atoms with Crippen LogP contribution in [0.25, 0.3) is 0 Å². The number of piperidine rings is 1. The summed E-state index contributed by atoms with van der Waals surface area (Å²) >= 11 is 2.27. The summed E-state index contributed by atoms with van der Waals surface area (Å²) in [5.41, 5.74) is 1.09. The van der Waals surface area contributed by atoms with Crippen molar-refractivity contribution in [2.24, 2.45) is 0 Å². The smallest absolute Gasteiger partial charge is 0.224 e. The Morgan fingerprint density at radius 3 is 2.78 bits per heavy atom. The molecule has 1 aliphatic rings. The molecule has 1 saturated heterocycles. The van der Waals surface area contributed by atoms with Gasteiger partial charge >= 0.3 is 0 Å². The van der Waals surface area contributed by atoms with E-state index in [1.165, 1.54) is 3.57 Å². The number of hydrogen-bond acceptors (Lipinski definition) is 2. The highest BCUT2D eigenvalue weighted by Gasteiger charge is 2.15. The fourth-order valence-electron chi connectivity index (χ4n) is 2.08. The third-order valence-corrected chi connectivity index (χ3v) is 3.63. The van der Waals surface area contributed by atoms with Crippen molar-refractivity contribution >= 4 is 40.9 Å². The van der Waals surface area contributed by atoms with E-state index in [0.717, 1.165) is 31.5 Å². The van der Waals surface area contributed by atoms with Crippen molar-refractivity contribution in [2.45, 2.75) is 25.3 Å². The molecular weight excluding hydrogens is 363 g/mol. The van der Waals surface area contributed by atoms with Crippen LogP contribution in [0, 0.1) is 3.57 Å². The Bertz CT molecular complexity index is 394. The molecule has 2 rings (SSSR count). The number of halogens is 2. The molecular formula is C13H18ClIN2O. The van der Waals surface area contributed by atoms with Gasteiger partial charge in [0.15, 0.2) is 0 Å². The van der Waals surface area contributed by atoms with Gasteiger partial charge in [-0.15, -0.1) is 12.4 Å². The Kier molecular flexibility index (Phi) is 6.96. The zero-order valence-electron chi connectivity index (χ0n) is 10.1. The van der Waals surface area contributed by atoms with Crippen LogP contribution < -0.4 is 10.6 Å². The van der Waals surface area contributed by atoms with E-state index in [4.69, 9.17) is 0 Å². The van der Waals surface area contributed by atoms with Crippen LogP contribution in [0.3, 0.4) is 0 Å². The lowest BCUT2D eigenvalue weighted by Crippen LogP contribution is -2.43. The van der Waals surface area contributed by atoms with E-state index >= 15 is 0 Å². The zero-order chi connectivity index (χ0) is 12.1. The van der Waals surface area contributed by atoms with Crippen LogP contribution in [0.5, 0.6) is 0 Å². The van der Waals surface area contributed by atoms with Crippen molar-refractivity contribution in [2.75, 3.05) is 13.1 Å². The van der Waals surface area contributed by atoms with Crippen LogP contribution in [0.1, 0.15) is 18.4 Å². The lowest BCUT2D eigenvalue weighted by Gasteiger charge is -2.23. The molecule has 1 amide bonds. The van der Waals surface area contributed by atoms with Crippen LogP contribution in [-0.2, 0) is 11.2 Å². The first-order valence-electron chi connectivity index (χ1n) is 5.98. The van der Waals surface area contributed by atoms with Gasteiger partial charge in [-0.05, 0) is 66.2 Å². The summed E-state index contributed by atoms with van der Waals surface area (Å²) < 4.78 is 1.18. The highest BCUT2D eigenvalue weighted by molar-refractivity contribution is 14.1. The van der Waals surface area contributed by atoms with E-state index < -0.39 is 0 Å². The molecule has 18 heavy (non-hydrogen) atoms. The standard InChI is InChI=1S/C13H17IN2O.ClH/c14-11-3-1-2-10(8-11)9-13(17)16-12-4-6-15-7-5-12;/h1-3,8,12,15H,4-7,9H2,(H,16,17);1H. The Hall–Kier alpha value is -0.330. The molecule has 3 nitrogen and oxygen atoms in total. The molecule has 0 bridgehead atoms. The van der Waals surface area contributed by atoms with E-state index in [2.05, 4.69) is 39.3 Å². The molecule has 0 radical (unpaired) electrons. The summed E-state index contributed by atoms with van der Waals surface area (Å²) in [6.45, 7) is 2.02. The first-order valence-corrected chi connectivity index (χ1v) is 7.06. The number of hydrogen-bond donors (Lipinski definition) is 2. The summed E-state index contributed by atoms with van der Waals surface area (Å²) in [6.07, 6.45) is 2.57. The van der Waals surface area contributed by atoms with Gasteiger partial charge in [0.05, 0.1) is 6.42 Å². The molecule has 0 spiro atoms. The number of nitrogens with one attached hydrogen (secondary N) is 2. The second kappa shape index (κ2) is 7.96. The Balaban J connectivity index is 0.00000162. The lowest BCUT2D eigenvalue weighted by molar-refractivity contribution is -0.121. The quantitative estimate of drug-likeness (QED) is 0.789. The molecule has 0 unspecified atom stereocenters. The van der Waals surface area contributed by atoms with Gasteiger partial charge in [0.1, 0.15) is 0 Å². The molecule has 0 atom stereocenters. The van der Waals surface area contributed by atoms with Gasteiger partial charge in [0.2, 0.25) is 5.91 Å². The number of rotatable bonds is 3. The second-order valence-corrected chi connectivity index (χ2v) is 5.64. The molecule has 1 aromatic rings. The first-order chi connectivity index (χ1) is 8.24. The summed E-state index contributed by atoms with van der Waals surface area (Å²) in [7, 11) is 0. The van der Waals surface area contributed by atoms with Crippen molar-refractivity contribution in [1.29, 1.82) is 0 Å². The van der Waals surface area contributed by atoms with Gasteiger partial charge < -0.3 is 10.6 Å². The topological polar surface area (TPSA) is 41.1 Å². The predicted octanol–water partition coefficient (Wildman–Crippen LogP) is 2.12. The molecule has 1 heterocycles. The van der Waals surface area contributed by atoms with Crippen molar-refractivity contribution in [3.8, 4) is 0 Å². The van der Waals surface area contributed by atoms with Crippen LogP contribution in [0.2, 0.25) is 0 Å². The summed E-state index contributed by atoms with van der Waals surface area (Å²) in [5.74, 6) is 0.138. The van der Waals surface area contributed by atoms with E-state index in [9.17, 15) is 4.79 Å². The summed E-state index contributed by atoms with van der Waals surface area (Å²) in [5, 5.41) is 6.40. The maximum atomic E-state index is 11.9.